The van der Waals surface area contributed by atoms with Crippen molar-refractivity contribution in [3.63, 3.8) is 0 Å². The number of fused-ring (bicyclic) bond motifs is 1. The van der Waals surface area contributed by atoms with Crippen molar-refractivity contribution in [3.05, 3.63) is 28.1 Å². The van der Waals surface area contributed by atoms with Gasteiger partial charge in [0.05, 0.1) is 5.52 Å². The van der Waals surface area contributed by atoms with E-state index in [0.29, 0.717) is 0 Å². The van der Waals surface area contributed by atoms with Crippen LogP contribution in [0.2, 0.25) is 0 Å². The number of rotatable bonds is 0. The maximum absolute atomic E-state index is 5.17. The predicted molar refractivity (Wildman–Crippen MR) is 51.6 cm³/mol. The molecule has 1 aromatic carbocycles. The Morgan fingerprint density at radius 2 is 2.09 bits per heavy atom. The maximum atomic E-state index is 5.17. The predicted octanol–water partition coefficient (Wildman–Crippen LogP) is 2.97. The monoisotopic (exact) mass is 181 g/mol. The Morgan fingerprint density at radius 3 is 2.82 bits per heavy atom. The Balaban J connectivity index is 3.07. The summed E-state index contributed by atoms with van der Waals surface area (Å²) < 4.78 is 3.07. The first kappa shape index (κ1) is 7.00. The zero-order valence-electron chi connectivity index (χ0n) is 6.07. The molecule has 0 radical (unpaired) electrons. The van der Waals surface area contributed by atoms with Gasteiger partial charge in [0.25, 0.3) is 0 Å². The van der Waals surface area contributed by atoms with E-state index in [1.807, 2.05) is 19.2 Å². The molecule has 0 amide bonds. The minimum Gasteiger partial charge on any atom is -0.299 e. The van der Waals surface area contributed by atoms with E-state index in [-0.39, 0.29) is 0 Å². The first-order valence-corrected chi connectivity index (χ1v) is 4.52. The largest absolute Gasteiger partial charge is 0.299 e. The topological polar surface area (TPSA) is 4.93 Å². The first-order valence-electron chi connectivity index (χ1n) is 3.34. The summed E-state index contributed by atoms with van der Waals surface area (Å²) in [5.41, 5.74) is 1.22. The van der Waals surface area contributed by atoms with Gasteiger partial charge in [0.2, 0.25) is 0 Å². The fourth-order valence-corrected chi connectivity index (χ4v) is 2.43. The smallest absolute Gasteiger partial charge is 0.116 e. The van der Waals surface area contributed by atoms with E-state index in [9.17, 15) is 0 Å². The molecule has 0 atom stereocenters. The SMILES string of the molecule is Cn1sc(=S)c2ccccc21. The van der Waals surface area contributed by atoms with Crippen LogP contribution in [0.1, 0.15) is 0 Å². The lowest BCUT2D eigenvalue weighted by molar-refractivity contribution is 1.08. The van der Waals surface area contributed by atoms with Crippen molar-refractivity contribution in [2.24, 2.45) is 7.05 Å². The lowest BCUT2D eigenvalue weighted by atomic mass is 10.3. The molecule has 0 aliphatic rings. The Labute approximate surface area is 74.0 Å². The molecule has 0 bridgehead atoms. The maximum Gasteiger partial charge on any atom is 0.116 e. The van der Waals surface area contributed by atoms with E-state index >= 15 is 0 Å². The summed E-state index contributed by atoms with van der Waals surface area (Å²) in [7, 11) is 2.03. The Bertz CT molecular complexity index is 439. The average molecular weight is 181 g/mol. The van der Waals surface area contributed by atoms with Gasteiger partial charge >= 0.3 is 0 Å². The number of hydrogen-bond acceptors (Lipinski definition) is 2. The Morgan fingerprint density at radius 1 is 1.36 bits per heavy atom. The number of nitrogens with zero attached hydrogens (tertiary/aromatic N) is 1. The van der Waals surface area contributed by atoms with Gasteiger partial charge in [-0.05, 0) is 17.6 Å². The molecule has 1 heterocycles. The molecule has 2 rings (SSSR count). The van der Waals surface area contributed by atoms with Crippen molar-refractivity contribution in [1.29, 1.82) is 0 Å². The molecule has 56 valence electrons. The van der Waals surface area contributed by atoms with E-state index in [0.717, 1.165) is 3.82 Å². The average Bonchev–Trinajstić information content (AvgIpc) is 2.30. The molecular formula is C8H7NS2. The van der Waals surface area contributed by atoms with Crippen molar-refractivity contribution < 1.29 is 0 Å². The third-order valence-corrected chi connectivity index (χ3v) is 2.98. The van der Waals surface area contributed by atoms with Crippen LogP contribution in [0, 0.1) is 3.82 Å². The second-order valence-electron chi connectivity index (χ2n) is 2.39. The van der Waals surface area contributed by atoms with Gasteiger partial charge in [0.1, 0.15) is 3.82 Å². The van der Waals surface area contributed by atoms with E-state index in [2.05, 4.69) is 16.1 Å². The summed E-state index contributed by atoms with van der Waals surface area (Å²) in [5, 5.41) is 1.19. The molecule has 1 nitrogen and oxygen atoms in total. The van der Waals surface area contributed by atoms with Crippen LogP contribution in [0.4, 0.5) is 0 Å². The molecule has 0 saturated heterocycles. The normalized spacial score (nSPS) is 10.6. The number of aryl methyl sites for hydroxylation is 1. The van der Waals surface area contributed by atoms with Crippen LogP contribution in [0.15, 0.2) is 24.3 Å². The summed E-state index contributed by atoms with van der Waals surface area (Å²) in [5.74, 6) is 0. The second-order valence-corrected chi connectivity index (χ2v) is 4.20. The standard InChI is InChI=1S/C8H7NS2/c1-9-7-5-3-2-4-6(7)8(10)11-9/h2-5H,1H3. The quantitative estimate of drug-likeness (QED) is 0.566. The third kappa shape index (κ3) is 1.01. The Kier molecular flexibility index (Phi) is 1.55. The summed E-state index contributed by atoms with van der Waals surface area (Å²) in [4.78, 5) is 0. The van der Waals surface area contributed by atoms with Crippen LogP contribution in [-0.4, -0.2) is 3.96 Å². The van der Waals surface area contributed by atoms with Gasteiger partial charge in [-0.2, -0.15) is 0 Å². The van der Waals surface area contributed by atoms with Crippen LogP contribution in [0.3, 0.4) is 0 Å². The molecule has 11 heavy (non-hydrogen) atoms. The van der Waals surface area contributed by atoms with Gasteiger partial charge in [-0.1, -0.05) is 30.4 Å². The number of para-hydroxylation sites is 1. The van der Waals surface area contributed by atoms with Crippen molar-refractivity contribution in [3.8, 4) is 0 Å². The van der Waals surface area contributed by atoms with Crippen LogP contribution < -0.4 is 0 Å². The highest BCUT2D eigenvalue weighted by Gasteiger charge is 1.98. The number of benzene rings is 1. The zero-order valence-corrected chi connectivity index (χ0v) is 7.71. The fourth-order valence-electron chi connectivity index (χ4n) is 1.14. The number of aromatic nitrogens is 1. The Hall–Kier alpha value is -0.670. The molecule has 0 unspecified atom stereocenters. The zero-order chi connectivity index (χ0) is 7.84. The molecule has 0 aliphatic heterocycles. The second kappa shape index (κ2) is 2.43. The van der Waals surface area contributed by atoms with E-state index in [1.54, 1.807) is 11.5 Å². The van der Waals surface area contributed by atoms with Gasteiger partial charge in [-0.3, -0.25) is 3.96 Å². The summed E-state index contributed by atoms with van der Waals surface area (Å²) in [6, 6.07) is 8.20. The molecular weight excluding hydrogens is 174 g/mol. The molecule has 0 fully saturated rings. The lowest BCUT2D eigenvalue weighted by Crippen LogP contribution is -1.78. The van der Waals surface area contributed by atoms with Crippen LogP contribution in [0.5, 0.6) is 0 Å². The molecule has 0 aliphatic carbocycles. The van der Waals surface area contributed by atoms with Crippen LogP contribution in [-0.2, 0) is 7.05 Å². The van der Waals surface area contributed by atoms with Crippen molar-refractivity contribution in [2.75, 3.05) is 0 Å². The summed E-state index contributed by atoms with van der Waals surface area (Å²) in [6.07, 6.45) is 0. The highest BCUT2D eigenvalue weighted by atomic mass is 32.2. The molecule has 0 saturated carbocycles. The van der Waals surface area contributed by atoms with Crippen molar-refractivity contribution >= 4 is 34.7 Å². The molecule has 0 spiro atoms. The third-order valence-electron chi connectivity index (χ3n) is 1.68. The lowest BCUT2D eigenvalue weighted by Gasteiger charge is -1.90. The van der Waals surface area contributed by atoms with E-state index in [4.69, 9.17) is 12.2 Å². The molecule has 1 aromatic heterocycles. The molecule has 2 aromatic rings. The van der Waals surface area contributed by atoms with Gasteiger partial charge in [0, 0.05) is 12.4 Å². The molecule has 3 heteroatoms. The van der Waals surface area contributed by atoms with E-state index < -0.39 is 0 Å². The minimum absolute atomic E-state index is 0.975. The van der Waals surface area contributed by atoms with Gasteiger partial charge < -0.3 is 0 Å². The van der Waals surface area contributed by atoms with Crippen LogP contribution >= 0.6 is 23.8 Å². The number of hydrogen-bond donors (Lipinski definition) is 0. The highest BCUT2D eigenvalue weighted by molar-refractivity contribution is 7.73. The highest BCUT2D eigenvalue weighted by Crippen LogP contribution is 2.19. The summed E-state index contributed by atoms with van der Waals surface area (Å²) >= 11 is 6.79. The first-order chi connectivity index (χ1) is 5.29. The minimum atomic E-state index is 0.975. The van der Waals surface area contributed by atoms with Crippen molar-refractivity contribution in [1.82, 2.24) is 3.96 Å². The van der Waals surface area contributed by atoms with Crippen LogP contribution in [0.25, 0.3) is 10.9 Å². The van der Waals surface area contributed by atoms with Gasteiger partial charge in [0.15, 0.2) is 0 Å². The van der Waals surface area contributed by atoms with Crippen molar-refractivity contribution in [2.45, 2.75) is 0 Å². The van der Waals surface area contributed by atoms with E-state index in [1.165, 1.54) is 10.9 Å². The van der Waals surface area contributed by atoms with Gasteiger partial charge in [-0.15, -0.1) is 0 Å². The van der Waals surface area contributed by atoms with Gasteiger partial charge in [-0.25, -0.2) is 0 Å². The fraction of sp³-hybridized carbons (Fsp3) is 0.125. The molecule has 0 N–H and O–H groups in total. The summed E-state index contributed by atoms with van der Waals surface area (Å²) in [6.45, 7) is 0.